The number of ketones is 1. The van der Waals surface area contributed by atoms with E-state index in [1.165, 1.54) is 0 Å². The molecule has 0 saturated heterocycles. The summed E-state index contributed by atoms with van der Waals surface area (Å²) in [6, 6.07) is 0. The molecule has 0 fully saturated rings. The average Bonchev–Trinajstić information content (AvgIpc) is 2.10. The molecule has 0 aromatic carbocycles. The quantitative estimate of drug-likeness (QED) is 0.543. The van der Waals surface area contributed by atoms with Crippen LogP contribution >= 0.6 is 0 Å². The van der Waals surface area contributed by atoms with Gasteiger partial charge >= 0.3 is 0 Å². The van der Waals surface area contributed by atoms with Crippen molar-refractivity contribution in [2.24, 2.45) is 5.92 Å². The molecule has 0 aliphatic carbocycles. The Morgan fingerprint density at radius 2 is 1.77 bits per heavy atom. The Bertz CT molecular complexity index is 132. The van der Waals surface area contributed by atoms with Gasteiger partial charge in [0.1, 0.15) is 6.61 Å². The number of Topliss-reactive ketones (excluding diaryl/α,β-unsaturated/α-hetero) is 1. The Morgan fingerprint density at radius 3 is 2.31 bits per heavy atom. The third kappa shape index (κ3) is 7.94. The van der Waals surface area contributed by atoms with Gasteiger partial charge in [0.15, 0.2) is 5.78 Å². The highest BCUT2D eigenvalue weighted by molar-refractivity contribution is 5.81. The molecule has 13 heavy (non-hydrogen) atoms. The van der Waals surface area contributed by atoms with Crippen LogP contribution in [-0.4, -0.2) is 32.2 Å². The van der Waals surface area contributed by atoms with E-state index in [0.29, 0.717) is 13.2 Å². The molecule has 78 valence electrons. The molecule has 0 amide bonds. The van der Waals surface area contributed by atoms with E-state index >= 15 is 0 Å². The number of carbonyl (C=O) groups is 1. The van der Waals surface area contributed by atoms with E-state index < -0.39 is 0 Å². The summed E-state index contributed by atoms with van der Waals surface area (Å²) in [5.41, 5.74) is 0. The fraction of sp³-hybridized carbons (Fsp3) is 0.900. The first kappa shape index (κ1) is 12.6. The second-order valence-corrected chi connectivity index (χ2v) is 3.29. The van der Waals surface area contributed by atoms with Crippen molar-refractivity contribution < 1.29 is 14.3 Å². The van der Waals surface area contributed by atoms with Gasteiger partial charge in [-0.2, -0.15) is 0 Å². The van der Waals surface area contributed by atoms with Crippen LogP contribution in [0.3, 0.4) is 0 Å². The maximum atomic E-state index is 11.1. The van der Waals surface area contributed by atoms with Crippen molar-refractivity contribution in [3.63, 3.8) is 0 Å². The van der Waals surface area contributed by atoms with Gasteiger partial charge in [-0.3, -0.25) is 4.79 Å². The molecule has 0 aromatic heterocycles. The average molecular weight is 188 g/mol. The maximum absolute atomic E-state index is 11.1. The van der Waals surface area contributed by atoms with Crippen molar-refractivity contribution in [1.82, 2.24) is 0 Å². The Balaban J connectivity index is 3.12. The van der Waals surface area contributed by atoms with Gasteiger partial charge in [-0.1, -0.05) is 20.8 Å². The molecule has 0 aliphatic rings. The summed E-state index contributed by atoms with van der Waals surface area (Å²) >= 11 is 0. The first-order valence-corrected chi connectivity index (χ1v) is 4.86. The predicted molar refractivity (Wildman–Crippen MR) is 51.8 cm³/mol. The van der Waals surface area contributed by atoms with Gasteiger partial charge < -0.3 is 9.47 Å². The summed E-state index contributed by atoms with van der Waals surface area (Å²) in [5, 5.41) is 0. The zero-order valence-electron chi connectivity index (χ0n) is 8.84. The summed E-state index contributed by atoms with van der Waals surface area (Å²) < 4.78 is 10.3. The molecule has 0 N–H and O–H groups in total. The van der Waals surface area contributed by atoms with Gasteiger partial charge in [0.05, 0.1) is 13.2 Å². The highest BCUT2D eigenvalue weighted by atomic mass is 16.5. The van der Waals surface area contributed by atoms with Gasteiger partial charge in [-0.25, -0.2) is 0 Å². The van der Waals surface area contributed by atoms with Crippen LogP contribution in [0.15, 0.2) is 0 Å². The van der Waals surface area contributed by atoms with E-state index in [1.54, 1.807) is 0 Å². The Morgan fingerprint density at radius 1 is 1.15 bits per heavy atom. The third-order valence-electron chi connectivity index (χ3n) is 1.61. The minimum absolute atomic E-state index is 0.0663. The van der Waals surface area contributed by atoms with Crippen molar-refractivity contribution in [1.29, 1.82) is 0 Å². The Labute approximate surface area is 80.4 Å². The largest absolute Gasteiger partial charge is 0.379 e. The van der Waals surface area contributed by atoms with E-state index in [1.807, 2.05) is 13.8 Å². The number of hydrogen-bond acceptors (Lipinski definition) is 3. The molecule has 0 saturated carbocycles. The minimum atomic E-state index is 0.0663. The lowest BCUT2D eigenvalue weighted by Crippen LogP contribution is -2.16. The fourth-order valence-electron chi connectivity index (χ4n) is 0.704. The van der Waals surface area contributed by atoms with Crippen LogP contribution in [0.1, 0.15) is 27.2 Å². The first-order chi connectivity index (χ1) is 6.18. The van der Waals surface area contributed by atoms with E-state index in [0.717, 1.165) is 13.0 Å². The van der Waals surface area contributed by atoms with E-state index in [9.17, 15) is 4.79 Å². The van der Waals surface area contributed by atoms with Crippen molar-refractivity contribution in [3.05, 3.63) is 0 Å². The summed E-state index contributed by atoms with van der Waals surface area (Å²) in [6.45, 7) is 7.88. The Hall–Kier alpha value is -0.410. The molecule has 0 unspecified atom stereocenters. The minimum Gasteiger partial charge on any atom is -0.379 e. The predicted octanol–water partition coefficient (Wildman–Crippen LogP) is 1.65. The van der Waals surface area contributed by atoms with Crippen molar-refractivity contribution in [3.8, 4) is 0 Å². The summed E-state index contributed by atoms with van der Waals surface area (Å²) in [4.78, 5) is 11.1. The highest BCUT2D eigenvalue weighted by Crippen LogP contribution is 1.94. The van der Waals surface area contributed by atoms with E-state index in [2.05, 4.69) is 6.92 Å². The molecule has 0 bridgehead atoms. The lowest BCUT2D eigenvalue weighted by atomic mass is 10.1. The van der Waals surface area contributed by atoms with Crippen LogP contribution in [0.25, 0.3) is 0 Å². The molecule has 0 heterocycles. The molecule has 0 atom stereocenters. The molecule has 0 spiro atoms. The summed E-state index contributed by atoms with van der Waals surface area (Å²) in [7, 11) is 0. The summed E-state index contributed by atoms with van der Waals surface area (Å²) in [6.07, 6.45) is 1.02. The van der Waals surface area contributed by atoms with Gasteiger partial charge in [0, 0.05) is 12.5 Å². The SMILES string of the molecule is CCCOCCOCC(=O)C(C)C. The van der Waals surface area contributed by atoms with Crippen LogP contribution in [0, 0.1) is 5.92 Å². The molecule has 3 heteroatoms. The van der Waals surface area contributed by atoms with Gasteiger partial charge in [-0.05, 0) is 6.42 Å². The smallest absolute Gasteiger partial charge is 0.160 e. The normalized spacial score (nSPS) is 10.8. The molecule has 0 aliphatic heterocycles. The summed E-state index contributed by atoms with van der Waals surface area (Å²) in [5.74, 6) is 0.215. The molecule has 0 rings (SSSR count). The molecular weight excluding hydrogens is 168 g/mol. The molecule has 0 radical (unpaired) electrons. The maximum Gasteiger partial charge on any atom is 0.160 e. The van der Waals surface area contributed by atoms with Crippen molar-refractivity contribution >= 4 is 5.78 Å². The Kier molecular flexibility index (Phi) is 7.94. The topological polar surface area (TPSA) is 35.5 Å². The zero-order chi connectivity index (χ0) is 10.1. The van der Waals surface area contributed by atoms with Gasteiger partial charge in [0.2, 0.25) is 0 Å². The van der Waals surface area contributed by atoms with E-state index in [-0.39, 0.29) is 18.3 Å². The van der Waals surface area contributed by atoms with Crippen LogP contribution in [0.2, 0.25) is 0 Å². The molecular formula is C10H20O3. The molecule has 0 aromatic rings. The van der Waals surface area contributed by atoms with Crippen LogP contribution in [0.4, 0.5) is 0 Å². The van der Waals surface area contributed by atoms with Crippen LogP contribution in [-0.2, 0) is 14.3 Å². The molecule has 3 nitrogen and oxygen atoms in total. The standard InChI is InChI=1S/C10H20O3/c1-4-5-12-6-7-13-8-10(11)9(2)3/h9H,4-8H2,1-3H3. The lowest BCUT2D eigenvalue weighted by molar-refractivity contribution is -0.127. The number of ether oxygens (including phenoxy) is 2. The fourth-order valence-corrected chi connectivity index (χ4v) is 0.704. The highest BCUT2D eigenvalue weighted by Gasteiger charge is 2.05. The van der Waals surface area contributed by atoms with E-state index in [4.69, 9.17) is 9.47 Å². The second-order valence-electron chi connectivity index (χ2n) is 3.29. The van der Waals surface area contributed by atoms with Crippen LogP contribution < -0.4 is 0 Å². The van der Waals surface area contributed by atoms with Crippen molar-refractivity contribution in [2.45, 2.75) is 27.2 Å². The second kappa shape index (κ2) is 8.20. The number of rotatable bonds is 8. The lowest BCUT2D eigenvalue weighted by Gasteiger charge is -2.05. The van der Waals surface area contributed by atoms with Gasteiger partial charge in [-0.15, -0.1) is 0 Å². The number of carbonyl (C=O) groups excluding carboxylic acids is 1. The van der Waals surface area contributed by atoms with Crippen LogP contribution in [0.5, 0.6) is 0 Å². The van der Waals surface area contributed by atoms with Crippen molar-refractivity contribution in [2.75, 3.05) is 26.4 Å². The third-order valence-corrected chi connectivity index (χ3v) is 1.61. The zero-order valence-corrected chi connectivity index (χ0v) is 8.84. The van der Waals surface area contributed by atoms with Gasteiger partial charge in [0.25, 0.3) is 0 Å². The number of hydrogen-bond donors (Lipinski definition) is 0. The first-order valence-electron chi connectivity index (χ1n) is 4.86. The monoisotopic (exact) mass is 188 g/mol.